The molecule has 0 radical (unpaired) electrons. The van der Waals surface area contributed by atoms with Crippen LogP contribution in [0.3, 0.4) is 0 Å². The van der Waals surface area contributed by atoms with Crippen molar-refractivity contribution in [3.63, 3.8) is 0 Å². The molecule has 0 N–H and O–H groups in total. The van der Waals surface area contributed by atoms with Gasteiger partial charge in [0, 0.05) is 18.7 Å². The summed E-state index contributed by atoms with van der Waals surface area (Å²) >= 11 is 0. The first-order chi connectivity index (χ1) is 9.44. The molecule has 1 saturated heterocycles. The summed E-state index contributed by atoms with van der Waals surface area (Å²) in [6, 6.07) is 9.07. The maximum atomic E-state index is 12.3. The number of benzene rings is 1. The van der Waals surface area contributed by atoms with Crippen LogP contribution in [0.4, 0.5) is 13.2 Å². The Morgan fingerprint density at radius 1 is 1.15 bits per heavy atom. The van der Waals surface area contributed by atoms with Crippen molar-refractivity contribution in [2.24, 2.45) is 0 Å². The standard InChI is InChI=1S/C14H17F3NOS/c15-14(16,17)11-18-6-8-20(9-7-18)10-13(19)12-4-2-1-3-5-12/h1-5H,6-11H2/q+1. The number of carbonyl (C=O) groups is 1. The third kappa shape index (κ3) is 4.83. The molecule has 1 aliphatic heterocycles. The van der Waals surface area contributed by atoms with Gasteiger partial charge in [0.25, 0.3) is 0 Å². The number of rotatable bonds is 4. The maximum Gasteiger partial charge on any atom is 0.401 e. The Morgan fingerprint density at radius 3 is 2.30 bits per heavy atom. The Labute approximate surface area is 119 Å². The van der Waals surface area contributed by atoms with Gasteiger partial charge in [-0.3, -0.25) is 9.69 Å². The van der Waals surface area contributed by atoms with Crippen molar-refractivity contribution in [2.75, 3.05) is 36.9 Å². The number of ketones is 1. The minimum atomic E-state index is -4.13. The van der Waals surface area contributed by atoms with Crippen molar-refractivity contribution in [1.82, 2.24) is 4.90 Å². The van der Waals surface area contributed by atoms with Gasteiger partial charge >= 0.3 is 6.18 Å². The van der Waals surface area contributed by atoms with Crippen molar-refractivity contribution in [1.29, 1.82) is 0 Å². The monoisotopic (exact) mass is 304 g/mol. The summed E-state index contributed by atoms with van der Waals surface area (Å²) in [6.07, 6.45) is -4.13. The fourth-order valence-electron chi connectivity index (χ4n) is 2.18. The van der Waals surface area contributed by atoms with Crippen LogP contribution < -0.4 is 0 Å². The van der Waals surface area contributed by atoms with E-state index >= 15 is 0 Å². The van der Waals surface area contributed by atoms with Gasteiger partial charge < -0.3 is 0 Å². The molecular weight excluding hydrogens is 287 g/mol. The molecular formula is C14H17F3NOS+. The summed E-state index contributed by atoms with van der Waals surface area (Å²) in [4.78, 5) is 13.5. The minimum Gasteiger partial charge on any atom is -0.289 e. The molecule has 1 fully saturated rings. The first-order valence-electron chi connectivity index (χ1n) is 6.45. The van der Waals surface area contributed by atoms with E-state index in [1.165, 1.54) is 4.90 Å². The lowest BCUT2D eigenvalue weighted by atomic mass is 10.2. The molecule has 0 unspecified atom stereocenters. The lowest BCUT2D eigenvalue weighted by Gasteiger charge is -2.27. The van der Waals surface area contributed by atoms with Gasteiger partial charge in [-0.1, -0.05) is 30.3 Å². The fourth-order valence-corrected chi connectivity index (χ4v) is 4.24. The van der Waals surface area contributed by atoms with E-state index in [4.69, 9.17) is 0 Å². The van der Waals surface area contributed by atoms with Crippen LogP contribution in [0.2, 0.25) is 0 Å². The van der Waals surface area contributed by atoms with Crippen LogP contribution in [0, 0.1) is 0 Å². The second kappa shape index (κ2) is 6.63. The zero-order valence-corrected chi connectivity index (χ0v) is 11.8. The maximum absolute atomic E-state index is 12.3. The summed E-state index contributed by atoms with van der Waals surface area (Å²) in [7, 11) is -0.0829. The highest BCUT2D eigenvalue weighted by Gasteiger charge is 2.35. The van der Waals surface area contributed by atoms with E-state index in [0.717, 1.165) is 0 Å². The van der Waals surface area contributed by atoms with E-state index in [1.54, 1.807) is 12.1 Å². The van der Waals surface area contributed by atoms with E-state index in [1.807, 2.05) is 18.2 Å². The number of nitrogens with zero attached hydrogens (tertiary/aromatic N) is 1. The normalized spacial score (nSPS) is 18.1. The Kier molecular flexibility index (Phi) is 5.10. The quantitative estimate of drug-likeness (QED) is 0.629. The Hall–Kier alpha value is -1.01. The number of Topliss-reactive ketones (excluding diaryl/α,β-unsaturated/α-hetero) is 1. The zero-order chi connectivity index (χ0) is 14.6. The van der Waals surface area contributed by atoms with Crippen LogP contribution in [0.1, 0.15) is 10.4 Å². The second-order valence-electron chi connectivity index (χ2n) is 4.85. The smallest absolute Gasteiger partial charge is 0.289 e. The third-order valence-electron chi connectivity index (χ3n) is 3.23. The van der Waals surface area contributed by atoms with Crippen molar-refractivity contribution in [3.05, 3.63) is 35.9 Å². The molecule has 0 atom stereocenters. The number of carbonyl (C=O) groups excluding carboxylic acids is 1. The van der Waals surface area contributed by atoms with E-state index in [-0.39, 0.29) is 16.7 Å². The lowest BCUT2D eigenvalue weighted by Crippen LogP contribution is -2.46. The summed E-state index contributed by atoms with van der Waals surface area (Å²) in [5.74, 6) is 1.94. The predicted molar refractivity (Wildman–Crippen MR) is 75.2 cm³/mol. The van der Waals surface area contributed by atoms with Gasteiger partial charge in [0.15, 0.2) is 5.75 Å². The highest BCUT2D eigenvalue weighted by Crippen LogP contribution is 2.18. The molecule has 20 heavy (non-hydrogen) atoms. The van der Waals surface area contributed by atoms with Gasteiger partial charge in [0.2, 0.25) is 5.78 Å². The molecule has 1 aromatic rings. The molecule has 2 nitrogen and oxygen atoms in total. The molecule has 0 saturated carbocycles. The summed E-state index contributed by atoms with van der Waals surface area (Å²) < 4.78 is 36.8. The number of hydrogen-bond donors (Lipinski definition) is 0. The molecule has 1 aliphatic rings. The van der Waals surface area contributed by atoms with Crippen LogP contribution in [-0.2, 0) is 10.9 Å². The molecule has 6 heteroatoms. The van der Waals surface area contributed by atoms with Crippen LogP contribution in [0.15, 0.2) is 30.3 Å². The van der Waals surface area contributed by atoms with Gasteiger partial charge in [0.1, 0.15) is 11.5 Å². The highest BCUT2D eigenvalue weighted by molar-refractivity contribution is 7.97. The van der Waals surface area contributed by atoms with Gasteiger partial charge in [-0.05, 0) is 10.9 Å². The lowest BCUT2D eigenvalue weighted by molar-refractivity contribution is -0.145. The largest absolute Gasteiger partial charge is 0.401 e. The van der Waals surface area contributed by atoms with Crippen LogP contribution >= 0.6 is 0 Å². The number of alkyl halides is 3. The van der Waals surface area contributed by atoms with Gasteiger partial charge in [-0.25, -0.2) is 0 Å². The first kappa shape index (κ1) is 15.4. The summed E-state index contributed by atoms with van der Waals surface area (Å²) in [5, 5.41) is 0. The van der Waals surface area contributed by atoms with Gasteiger partial charge in [-0.2, -0.15) is 13.2 Å². The Morgan fingerprint density at radius 2 is 1.75 bits per heavy atom. The van der Waals surface area contributed by atoms with Crippen molar-refractivity contribution >= 4 is 16.7 Å². The first-order valence-corrected chi connectivity index (χ1v) is 8.19. The average Bonchev–Trinajstić information content (AvgIpc) is 2.40. The predicted octanol–water partition coefficient (Wildman–Crippen LogP) is 2.37. The van der Waals surface area contributed by atoms with Crippen molar-refractivity contribution in [2.45, 2.75) is 6.18 Å². The Balaban J connectivity index is 1.79. The highest BCUT2D eigenvalue weighted by atomic mass is 32.2. The number of halogens is 3. The SMILES string of the molecule is O=C(C[S+]1CCN(CC(F)(F)F)CC1)c1ccccc1. The molecule has 110 valence electrons. The van der Waals surface area contributed by atoms with Crippen LogP contribution in [0.5, 0.6) is 0 Å². The molecule has 1 heterocycles. The molecule has 0 bridgehead atoms. The van der Waals surface area contributed by atoms with Gasteiger partial charge in [-0.15, -0.1) is 0 Å². The second-order valence-corrected chi connectivity index (χ2v) is 7.18. The van der Waals surface area contributed by atoms with E-state index in [9.17, 15) is 18.0 Å². The van der Waals surface area contributed by atoms with E-state index in [0.29, 0.717) is 35.9 Å². The van der Waals surface area contributed by atoms with E-state index < -0.39 is 12.7 Å². The molecule has 0 aliphatic carbocycles. The zero-order valence-electron chi connectivity index (χ0n) is 11.0. The topological polar surface area (TPSA) is 20.3 Å². The van der Waals surface area contributed by atoms with Crippen LogP contribution in [0.25, 0.3) is 0 Å². The van der Waals surface area contributed by atoms with Crippen molar-refractivity contribution < 1.29 is 18.0 Å². The fraction of sp³-hybridized carbons (Fsp3) is 0.500. The number of hydrogen-bond acceptors (Lipinski definition) is 2. The average molecular weight is 304 g/mol. The molecule has 0 spiro atoms. The minimum absolute atomic E-state index is 0.0829. The molecule has 0 aromatic heterocycles. The Bertz CT molecular complexity index is 441. The molecule has 0 amide bonds. The third-order valence-corrected chi connectivity index (χ3v) is 5.42. The van der Waals surface area contributed by atoms with Crippen molar-refractivity contribution in [3.8, 4) is 0 Å². The van der Waals surface area contributed by atoms with Crippen LogP contribution in [-0.4, -0.2) is 53.8 Å². The van der Waals surface area contributed by atoms with Gasteiger partial charge in [0.05, 0.1) is 6.54 Å². The summed E-state index contributed by atoms with van der Waals surface area (Å²) in [5.41, 5.74) is 0.692. The van der Waals surface area contributed by atoms with E-state index in [2.05, 4.69) is 0 Å². The molecule has 2 rings (SSSR count). The summed E-state index contributed by atoms with van der Waals surface area (Å²) in [6.45, 7) is 0.0339. The molecule has 1 aromatic carbocycles.